The second-order valence-corrected chi connectivity index (χ2v) is 6.78. The van der Waals surface area contributed by atoms with Crippen molar-refractivity contribution < 1.29 is 9.53 Å². The molecule has 120 valence electrons. The number of halogens is 1. The van der Waals surface area contributed by atoms with Gasteiger partial charge in [-0.1, -0.05) is 27.6 Å². The fraction of sp³-hybridized carbons (Fsp3) is 0.500. The van der Waals surface area contributed by atoms with Gasteiger partial charge >= 0.3 is 0 Å². The molecule has 0 bridgehead atoms. The lowest BCUT2D eigenvalue weighted by Gasteiger charge is -2.14. The number of aryl methyl sites for hydroxylation is 2. The Kier molecular flexibility index (Phi) is 6.49. The number of ether oxygens (including phenoxy) is 1. The number of benzene rings is 1. The fourth-order valence-electron chi connectivity index (χ4n) is 2.81. The molecule has 0 unspecified atom stereocenters. The number of amides is 1. The molecule has 0 aromatic heterocycles. The number of allylic oxidation sites excluding steroid dienone is 1. The van der Waals surface area contributed by atoms with Gasteiger partial charge in [-0.25, -0.2) is 0 Å². The first kappa shape index (κ1) is 17.1. The summed E-state index contributed by atoms with van der Waals surface area (Å²) >= 11 is 3.46. The molecule has 4 heteroatoms. The summed E-state index contributed by atoms with van der Waals surface area (Å²) in [6, 6.07) is 3.99. The average molecular weight is 366 g/mol. The molecular weight excluding hydrogens is 342 g/mol. The monoisotopic (exact) mass is 365 g/mol. The van der Waals surface area contributed by atoms with Gasteiger partial charge in [0.2, 0.25) is 0 Å². The normalized spacial score (nSPS) is 14.4. The third-order valence-corrected chi connectivity index (χ3v) is 4.38. The van der Waals surface area contributed by atoms with Gasteiger partial charge in [0.15, 0.2) is 6.61 Å². The molecule has 0 fully saturated rings. The van der Waals surface area contributed by atoms with Gasteiger partial charge in [0.25, 0.3) is 5.91 Å². The molecule has 0 saturated heterocycles. The molecule has 0 spiro atoms. The summed E-state index contributed by atoms with van der Waals surface area (Å²) in [6.45, 7) is 4.75. The molecule has 0 atom stereocenters. The number of rotatable bonds is 6. The summed E-state index contributed by atoms with van der Waals surface area (Å²) in [5, 5.41) is 2.94. The van der Waals surface area contributed by atoms with Gasteiger partial charge in [-0.05, 0) is 69.2 Å². The van der Waals surface area contributed by atoms with Gasteiger partial charge in [0, 0.05) is 11.0 Å². The van der Waals surface area contributed by atoms with E-state index in [4.69, 9.17) is 4.74 Å². The number of hydrogen-bond acceptors (Lipinski definition) is 2. The molecule has 0 radical (unpaired) electrons. The zero-order valence-corrected chi connectivity index (χ0v) is 15.0. The quantitative estimate of drug-likeness (QED) is 0.756. The van der Waals surface area contributed by atoms with Crippen LogP contribution in [0.4, 0.5) is 0 Å². The van der Waals surface area contributed by atoms with Crippen molar-refractivity contribution in [1.29, 1.82) is 0 Å². The summed E-state index contributed by atoms with van der Waals surface area (Å²) in [6.07, 6.45) is 8.24. The molecule has 0 aliphatic heterocycles. The topological polar surface area (TPSA) is 38.3 Å². The van der Waals surface area contributed by atoms with Crippen LogP contribution in [0.3, 0.4) is 0 Å². The van der Waals surface area contributed by atoms with Gasteiger partial charge < -0.3 is 10.1 Å². The Morgan fingerprint density at radius 2 is 2.00 bits per heavy atom. The highest BCUT2D eigenvalue weighted by Crippen LogP contribution is 2.27. The van der Waals surface area contributed by atoms with E-state index in [0.29, 0.717) is 6.54 Å². The van der Waals surface area contributed by atoms with Crippen molar-refractivity contribution in [2.45, 2.75) is 46.0 Å². The summed E-state index contributed by atoms with van der Waals surface area (Å²) < 4.78 is 6.71. The Hall–Kier alpha value is -1.29. The van der Waals surface area contributed by atoms with Crippen molar-refractivity contribution in [3.05, 3.63) is 39.4 Å². The van der Waals surface area contributed by atoms with Crippen LogP contribution >= 0.6 is 15.9 Å². The molecule has 1 aliphatic carbocycles. The predicted molar refractivity (Wildman–Crippen MR) is 93.3 cm³/mol. The minimum Gasteiger partial charge on any atom is -0.483 e. The fourth-order valence-corrected chi connectivity index (χ4v) is 3.49. The Labute approximate surface area is 141 Å². The Morgan fingerprint density at radius 1 is 1.27 bits per heavy atom. The standard InChI is InChI=1S/C18H24BrNO2/c1-13-10-16(19)11-14(2)18(13)22-12-17(21)20-9-8-15-6-4-3-5-7-15/h6,10-11H,3-5,7-9,12H2,1-2H3,(H,20,21). The molecule has 2 rings (SSSR count). The van der Waals surface area contributed by atoms with E-state index < -0.39 is 0 Å². The lowest BCUT2D eigenvalue weighted by molar-refractivity contribution is -0.123. The molecule has 1 N–H and O–H groups in total. The van der Waals surface area contributed by atoms with Crippen LogP contribution in [-0.2, 0) is 4.79 Å². The van der Waals surface area contributed by atoms with Crippen molar-refractivity contribution in [3.8, 4) is 5.75 Å². The van der Waals surface area contributed by atoms with E-state index in [2.05, 4.69) is 27.3 Å². The van der Waals surface area contributed by atoms with E-state index in [1.165, 1.54) is 31.3 Å². The van der Waals surface area contributed by atoms with Crippen LogP contribution in [0, 0.1) is 13.8 Å². The second-order valence-electron chi connectivity index (χ2n) is 5.87. The van der Waals surface area contributed by atoms with Crippen LogP contribution in [-0.4, -0.2) is 19.1 Å². The number of hydrogen-bond donors (Lipinski definition) is 1. The van der Waals surface area contributed by atoms with Crippen molar-refractivity contribution in [1.82, 2.24) is 5.32 Å². The Balaban J connectivity index is 1.75. The molecule has 0 saturated carbocycles. The Morgan fingerprint density at radius 3 is 2.64 bits per heavy atom. The molecule has 0 heterocycles. The number of nitrogens with one attached hydrogen (secondary N) is 1. The molecule has 3 nitrogen and oxygen atoms in total. The lowest BCUT2D eigenvalue weighted by Crippen LogP contribution is -2.30. The largest absolute Gasteiger partial charge is 0.483 e. The highest BCUT2D eigenvalue weighted by atomic mass is 79.9. The minimum absolute atomic E-state index is 0.0573. The summed E-state index contributed by atoms with van der Waals surface area (Å²) in [4.78, 5) is 11.9. The van der Waals surface area contributed by atoms with Crippen LogP contribution in [0.25, 0.3) is 0 Å². The highest BCUT2D eigenvalue weighted by molar-refractivity contribution is 9.10. The maximum atomic E-state index is 11.9. The number of carbonyl (C=O) groups excluding carboxylic acids is 1. The zero-order valence-electron chi connectivity index (χ0n) is 13.4. The first-order chi connectivity index (χ1) is 10.6. The highest BCUT2D eigenvalue weighted by Gasteiger charge is 2.09. The third kappa shape index (κ3) is 5.16. The van der Waals surface area contributed by atoms with Gasteiger partial charge in [-0.15, -0.1) is 0 Å². The molecule has 1 aliphatic rings. The van der Waals surface area contributed by atoms with Crippen LogP contribution in [0.1, 0.15) is 43.2 Å². The molecule has 1 amide bonds. The van der Waals surface area contributed by atoms with E-state index >= 15 is 0 Å². The minimum atomic E-state index is -0.0573. The van der Waals surface area contributed by atoms with E-state index in [-0.39, 0.29) is 12.5 Å². The molecule has 22 heavy (non-hydrogen) atoms. The number of carbonyl (C=O) groups is 1. The van der Waals surface area contributed by atoms with Crippen LogP contribution in [0.5, 0.6) is 5.75 Å². The first-order valence-electron chi connectivity index (χ1n) is 7.90. The third-order valence-electron chi connectivity index (χ3n) is 3.93. The van der Waals surface area contributed by atoms with Gasteiger partial charge in [-0.2, -0.15) is 0 Å². The maximum absolute atomic E-state index is 11.9. The van der Waals surface area contributed by atoms with E-state index in [1.54, 1.807) is 0 Å². The van der Waals surface area contributed by atoms with Gasteiger partial charge in [0.05, 0.1) is 0 Å². The van der Waals surface area contributed by atoms with Crippen molar-refractivity contribution in [2.24, 2.45) is 0 Å². The summed E-state index contributed by atoms with van der Waals surface area (Å²) in [5.74, 6) is 0.742. The summed E-state index contributed by atoms with van der Waals surface area (Å²) in [5.41, 5.74) is 3.55. The van der Waals surface area contributed by atoms with E-state index in [1.807, 2.05) is 26.0 Å². The van der Waals surface area contributed by atoms with Crippen molar-refractivity contribution in [3.63, 3.8) is 0 Å². The maximum Gasteiger partial charge on any atom is 0.257 e. The second kappa shape index (κ2) is 8.37. The van der Waals surface area contributed by atoms with Gasteiger partial charge in [0.1, 0.15) is 5.75 Å². The lowest BCUT2D eigenvalue weighted by atomic mass is 9.97. The first-order valence-corrected chi connectivity index (χ1v) is 8.69. The van der Waals surface area contributed by atoms with Crippen molar-refractivity contribution >= 4 is 21.8 Å². The Bertz CT molecular complexity index is 543. The van der Waals surface area contributed by atoms with Gasteiger partial charge in [-0.3, -0.25) is 4.79 Å². The average Bonchev–Trinajstić information content (AvgIpc) is 2.47. The zero-order chi connectivity index (χ0) is 15.9. The van der Waals surface area contributed by atoms with Crippen LogP contribution < -0.4 is 10.1 Å². The van der Waals surface area contributed by atoms with E-state index in [9.17, 15) is 4.79 Å². The predicted octanol–water partition coefficient (Wildman–Crippen LogP) is 4.45. The molecule has 1 aromatic rings. The van der Waals surface area contributed by atoms with Crippen LogP contribution in [0.15, 0.2) is 28.3 Å². The smallest absolute Gasteiger partial charge is 0.257 e. The van der Waals surface area contributed by atoms with Crippen molar-refractivity contribution in [2.75, 3.05) is 13.2 Å². The van der Waals surface area contributed by atoms with Crippen LogP contribution in [0.2, 0.25) is 0 Å². The summed E-state index contributed by atoms with van der Waals surface area (Å²) in [7, 11) is 0. The molecule has 1 aromatic carbocycles. The SMILES string of the molecule is Cc1cc(Br)cc(C)c1OCC(=O)NCCC1=CCCCC1. The van der Waals surface area contributed by atoms with E-state index in [0.717, 1.165) is 27.8 Å². The molecular formula is C18H24BrNO2.